The normalized spacial score (nSPS) is 13.4. The summed E-state index contributed by atoms with van der Waals surface area (Å²) >= 11 is 1.37. The molecule has 1 unspecified atom stereocenters. The first-order chi connectivity index (χ1) is 9.99. The van der Waals surface area contributed by atoms with Crippen LogP contribution in [0, 0.1) is 5.92 Å². The molecule has 0 radical (unpaired) electrons. The Morgan fingerprint density at radius 3 is 2.71 bits per heavy atom. The molecular formula is C14H17N3O3S. The highest BCUT2D eigenvalue weighted by Crippen LogP contribution is 2.07. The third-order valence-electron chi connectivity index (χ3n) is 2.93. The van der Waals surface area contributed by atoms with Gasteiger partial charge in [-0.3, -0.25) is 9.59 Å². The Morgan fingerprint density at radius 1 is 1.43 bits per heavy atom. The molecule has 1 N–H and O–H groups in total. The zero-order chi connectivity index (χ0) is 15.4. The molecule has 0 saturated heterocycles. The lowest BCUT2D eigenvalue weighted by atomic mass is 10.0. The van der Waals surface area contributed by atoms with Crippen LogP contribution in [0.5, 0.6) is 0 Å². The summed E-state index contributed by atoms with van der Waals surface area (Å²) in [6.45, 7) is 3.71. The first kappa shape index (κ1) is 15.2. The summed E-state index contributed by atoms with van der Waals surface area (Å²) in [6.07, 6.45) is 3.24. The predicted octanol–water partition coefficient (Wildman–Crippen LogP) is 1.56. The van der Waals surface area contributed by atoms with Crippen molar-refractivity contribution in [1.82, 2.24) is 9.88 Å². The molecule has 0 bridgehead atoms. The number of hydrogen-bond acceptors (Lipinski definition) is 4. The van der Waals surface area contributed by atoms with Gasteiger partial charge in [-0.1, -0.05) is 13.8 Å². The Morgan fingerprint density at radius 2 is 2.19 bits per heavy atom. The van der Waals surface area contributed by atoms with Crippen LogP contribution >= 0.6 is 11.3 Å². The first-order valence-electron chi connectivity index (χ1n) is 6.52. The van der Waals surface area contributed by atoms with Gasteiger partial charge in [0, 0.05) is 18.6 Å². The van der Waals surface area contributed by atoms with Crippen molar-refractivity contribution in [2.45, 2.75) is 19.9 Å². The molecule has 0 aliphatic heterocycles. The molecule has 0 fully saturated rings. The molecular weight excluding hydrogens is 290 g/mol. The van der Waals surface area contributed by atoms with Crippen molar-refractivity contribution in [3.8, 4) is 0 Å². The van der Waals surface area contributed by atoms with Gasteiger partial charge >= 0.3 is 0 Å². The standard InChI is InChI=1S/C14H17N3O3S/c1-9(2)11(15-12(18)10-5-4-7-20-10)13(19)16-14-17(3)6-8-21-14/h4-9,11H,1-3H3,(H,15,18). The monoisotopic (exact) mass is 307 g/mol. The van der Waals surface area contributed by atoms with Crippen molar-refractivity contribution in [3.05, 3.63) is 40.5 Å². The second kappa shape index (κ2) is 6.53. The fourth-order valence-electron chi connectivity index (χ4n) is 1.73. The van der Waals surface area contributed by atoms with Crippen molar-refractivity contribution in [2.24, 2.45) is 18.0 Å². The van der Waals surface area contributed by atoms with E-state index in [2.05, 4.69) is 10.3 Å². The number of carbonyl (C=O) groups excluding carboxylic acids is 2. The molecule has 112 valence electrons. The summed E-state index contributed by atoms with van der Waals surface area (Å²) in [5.41, 5.74) is 0. The zero-order valence-electron chi connectivity index (χ0n) is 12.1. The van der Waals surface area contributed by atoms with Crippen LogP contribution in [0.25, 0.3) is 0 Å². The Kier molecular flexibility index (Phi) is 4.74. The highest BCUT2D eigenvalue weighted by Gasteiger charge is 2.25. The molecule has 21 heavy (non-hydrogen) atoms. The third kappa shape index (κ3) is 3.69. The van der Waals surface area contributed by atoms with Gasteiger partial charge in [0.05, 0.1) is 6.26 Å². The topological polar surface area (TPSA) is 76.6 Å². The van der Waals surface area contributed by atoms with E-state index in [4.69, 9.17) is 4.42 Å². The van der Waals surface area contributed by atoms with Crippen LogP contribution in [0.1, 0.15) is 24.4 Å². The van der Waals surface area contributed by atoms with E-state index >= 15 is 0 Å². The summed E-state index contributed by atoms with van der Waals surface area (Å²) in [4.78, 5) is 29.0. The lowest BCUT2D eigenvalue weighted by Gasteiger charge is -2.18. The number of thiazole rings is 1. The van der Waals surface area contributed by atoms with Gasteiger partial charge in [-0.2, -0.15) is 4.99 Å². The molecule has 6 nitrogen and oxygen atoms in total. The average Bonchev–Trinajstić information content (AvgIpc) is 3.08. The molecule has 0 saturated carbocycles. The van der Waals surface area contributed by atoms with Crippen molar-refractivity contribution < 1.29 is 14.0 Å². The fourth-order valence-corrected chi connectivity index (χ4v) is 2.47. The Hall–Kier alpha value is -2.15. The summed E-state index contributed by atoms with van der Waals surface area (Å²) in [7, 11) is 1.81. The minimum atomic E-state index is -0.690. The van der Waals surface area contributed by atoms with Crippen molar-refractivity contribution in [2.75, 3.05) is 0 Å². The molecule has 2 aromatic heterocycles. The maximum absolute atomic E-state index is 12.3. The Balaban J connectivity index is 2.18. The van der Waals surface area contributed by atoms with Gasteiger partial charge in [0.15, 0.2) is 10.6 Å². The molecule has 0 aromatic carbocycles. The molecule has 0 spiro atoms. The number of aromatic nitrogens is 1. The molecule has 2 rings (SSSR count). The molecule has 0 aliphatic carbocycles. The number of amides is 2. The Bertz CT molecular complexity index is 682. The van der Waals surface area contributed by atoms with Crippen LogP contribution in [0.15, 0.2) is 39.4 Å². The number of hydrogen-bond donors (Lipinski definition) is 1. The molecule has 2 amide bonds. The van der Waals surface area contributed by atoms with Crippen molar-refractivity contribution in [1.29, 1.82) is 0 Å². The van der Waals surface area contributed by atoms with Crippen molar-refractivity contribution >= 4 is 23.2 Å². The van der Waals surface area contributed by atoms with Gasteiger partial charge in [0.2, 0.25) is 0 Å². The number of furan rings is 1. The van der Waals surface area contributed by atoms with E-state index in [-0.39, 0.29) is 17.6 Å². The van der Waals surface area contributed by atoms with E-state index < -0.39 is 11.9 Å². The number of nitrogens with zero attached hydrogens (tertiary/aromatic N) is 2. The second-order valence-corrected chi connectivity index (χ2v) is 5.79. The van der Waals surface area contributed by atoms with E-state index in [0.717, 1.165) is 0 Å². The van der Waals surface area contributed by atoms with Gasteiger partial charge in [-0.05, 0) is 18.1 Å². The summed E-state index contributed by atoms with van der Waals surface area (Å²) in [5.74, 6) is -0.693. The van der Waals surface area contributed by atoms with Crippen LogP contribution in [-0.2, 0) is 11.8 Å². The maximum atomic E-state index is 12.3. The molecule has 2 heterocycles. The minimum Gasteiger partial charge on any atom is -0.459 e. The van der Waals surface area contributed by atoms with Crippen molar-refractivity contribution in [3.63, 3.8) is 0 Å². The van der Waals surface area contributed by atoms with E-state index in [1.807, 2.05) is 32.5 Å². The highest BCUT2D eigenvalue weighted by atomic mass is 32.1. The minimum absolute atomic E-state index is 0.0783. The highest BCUT2D eigenvalue weighted by molar-refractivity contribution is 7.07. The van der Waals surface area contributed by atoms with Gasteiger partial charge in [-0.25, -0.2) is 0 Å². The number of carbonyl (C=O) groups is 2. The summed E-state index contributed by atoms with van der Waals surface area (Å²) < 4.78 is 6.78. The number of aryl methyl sites for hydroxylation is 1. The average molecular weight is 307 g/mol. The SMILES string of the molecule is CC(C)C(NC(=O)c1ccco1)C(=O)N=c1sccn1C. The van der Waals surface area contributed by atoms with Gasteiger partial charge in [0.25, 0.3) is 11.8 Å². The van der Waals surface area contributed by atoms with Gasteiger partial charge < -0.3 is 14.3 Å². The zero-order valence-corrected chi connectivity index (χ0v) is 12.9. The Labute approximate surface area is 126 Å². The molecule has 1 atom stereocenters. The lowest BCUT2D eigenvalue weighted by Crippen LogP contribution is -2.44. The maximum Gasteiger partial charge on any atom is 0.287 e. The third-order valence-corrected chi connectivity index (χ3v) is 3.78. The van der Waals surface area contributed by atoms with Crippen LogP contribution in [0.4, 0.5) is 0 Å². The molecule has 0 aliphatic rings. The van der Waals surface area contributed by atoms with E-state index in [1.54, 1.807) is 16.7 Å². The van der Waals surface area contributed by atoms with Gasteiger partial charge in [0.1, 0.15) is 6.04 Å². The van der Waals surface area contributed by atoms with Gasteiger partial charge in [-0.15, -0.1) is 11.3 Å². The molecule has 2 aromatic rings. The first-order valence-corrected chi connectivity index (χ1v) is 7.40. The van der Waals surface area contributed by atoms with E-state index in [1.165, 1.54) is 17.6 Å². The number of rotatable bonds is 4. The van der Waals surface area contributed by atoms with Crippen LogP contribution in [-0.4, -0.2) is 22.4 Å². The quantitative estimate of drug-likeness (QED) is 0.931. The van der Waals surface area contributed by atoms with E-state index in [0.29, 0.717) is 4.80 Å². The molecule has 7 heteroatoms. The van der Waals surface area contributed by atoms with E-state index in [9.17, 15) is 9.59 Å². The largest absolute Gasteiger partial charge is 0.459 e. The summed E-state index contributed by atoms with van der Waals surface area (Å²) in [6, 6.07) is 2.48. The van der Waals surface area contributed by atoms with Crippen LogP contribution < -0.4 is 10.1 Å². The van der Waals surface area contributed by atoms with Crippen LogP contribution in [0.2, 0.25) is 0 Å². The summed E-state index contributed by atoms with van der Waals surface area (Å²) in [5, 5.41) is 4.52. The second-order valence-electron chi connectivity index (χ2n) is 4.92. The van der Waals surface area contributed by atoms with Crippen LogP contribution in [0.3, 0.4) is 0 Å². The number of nitrogens with one attached hydrogen (secondary N) is 1. The predicted molar refractivity (Wildman–Crippen MR) is 78.7 cm³/mol. The smallest absolute Gasteiger partial charge is 0.287 e. The fraction of sp³-hybridized carbons (Fsp3) is 0.357. The lowest BCUT2D eigenvalue weighted by molar-refractivity contribution is -0.120.